The summed E-state index contributed by atoms with van der Waals surface area (Å²) in [7, 11) is 0. The lowest BCUT2D eigenvalue weighted by molar-refractivity contribution is -0.0503. The highest BCUT2D eigenvalue weighted by Gasteiger charge is 2.26. The molecule has 0 radical (unpaired) electrons. The fourth-order valence-electron chi connectivity index (χ4n) is 3.04. The Kier molecular flexibility index (Phi) is 5.08. The van der Waals surface area contributed by atoms with Gasteiger partial charge in [0.15, 0.2) is 0 Å². The number of aromatic nitrogens is 2. The molecule has 1 aromatic heterocycles. The van der Waals surface area contributed by atoms with Gasteiger partial charge in [-0.3, -0.25) is 4.79 Å². The van der Waals surface area contributed by atoms with Crippen LogP contribution in [-0.2, 0) is 6.42 Å². The molecule has 0 saturated carbocycles. The van der Waals surface area contributed by atoms with E-state index in [2.05, 4.69) is 14.7 Å². The number of para-hydroxylation sites is 1. The van der Waals surface area contributed by atoms with Crippen molar-refractivity contribution in [3.63, 3.8) is 0 Å². The highest BCUT2D eigenvalue weighted by molar-refractivity contribution is 5.97. The van der Waals surface area contributed by atoms with E-state index in [0.29, 0.717) is 19.0 Å². The lowest BCUT2D eigenvalue weighted by atomic mass is 9.93. The topological polar surface area (TPSA) is 58.2 Å². The number of ether oxygens (including phenoxy) is 1. The largest absolute Gasteiger partial charge is 0.434 e. The first-order chi connectivity index (χ1) is 11.6. The van der Waals surface area contributed by atoms with E-state index in [1.165, 1.54) is 12.1 Å². The van der Waals surface area contributed by atoms with Gasteiger partial charge in [-0.25, -0.2) is 4.98 Å². The molecule has 128 valence electrons. The van der Waals surface area contributed by atoms with Gasteiger partial charge in [-0.05, 0) is 30.9 Å². The monoisotopic (exact) mass is 335 g/mol. The van der Waals surface area contributed by atoms with E-state index in [1.54, 1.807) is 29.4 Å². The van der Waals surface area contributed by atoms with Crippen LogP contribution in [0.2, 0.25) is 0 Å². The smallest absolute Gasteiger partial charge is 0.387 e. The van der Waals surface area contributed by atoms with Crippen molar-refractivity contribution in [1.29, 1.82) is 0 Å². The zero-order valence-electron chi connectivity index (χ0n) is 13.1. The van der Waals surface area contributed by atoms with Crippen molar-refractivity contribution in [1.82, 2.24) is 14.9 Å². The Bertz CT molecular complexity index is 668. The first-order valence-electron chi connectivity index (χ1n) is 7.95. The van der Waals surface area contributed by atoms with E-state index in [-0.39, 0.29) is 17.2 Å². The second-order valence-corrected chi connectivity index (χ2v) is 5.85. The fourth-order valence-corrected chi connectivity index (χ4v) is 3.04. The van der Waals surface area contributed by atoms with E-state index in [1.807, 2.05) is 0 Å². The summed E-state index contributed by atoms with van der Waals surface area (Å²) in [4.78, 5) is 21.6. The molecule has 0 spiro atoms. The Hall–Kier alpha value is -2.44. The summed E-state index contributed by atoms with van der Waals surface area (Å²) in [6.45, 7) is -1.74. The molecule has 1 fully saturated rings. The molecule has 2 heterocycles. The molecule has 24 heavy (non-hydrogen) atoms. The van der Waals surface area contributed by atoms with Crippen molar-refractivity contribution in [3.05, 3.63) is 48.0 Å². The molecule has 1 saturated heterocycles. The summed E-state index contributed by atoms with van der Waals surface area (Å²) < 4.78 is 29.4. The van der Waals surface area contributed by atoms with Crippen LogP contribution in [0.4, 0.5) is 8.78 Å². The lowest BCUT2D eigenvalue weighted by Crippen LogP contribution is -2.39. The third kappa shape index (κ3) is 3.90. The summed E-state index contributed by atoms with van der Waals surface area (Å²) in [5.41, 5.74) is 0.183. The van der Waals surface area contributed by atoms with Crippen molar-refractivity contribution in [2.45, 2.75) is 25.9 Å². The van der Waals surface area contributed by atoms with Crippen molar-refractivity contribution in [3.8, 4) is 5.75 Å². The maximum Gasteiger partial charge on any atom is 0.387 e. The average Bonchev–Trinajstić information content (AvgIpc) is 3.08. The number of hydrogen-bond acceptors (Lipinski definition) is 3. The molecule has 1 aliphatic heterocycles. The quantitative estimate of drug-likeness (QED) is 0.913. The number of rotatable bonds is 5. The van der Waals surface area contributed by atoms with Gasteiger partial charge >= 0.3 is 6.61 Å². The molecule has 5 nitrogen and oxygen atoms in total. The van der Waals surface area contributed by atoms with Crippen LogP contribution in [0.15, 0.2) is 36.7 Å². The van der Waals surface area contributed by atoms with Gasteiger partial charge in [-0.1, -0.05) is 12.1 Å². The van der Waals surface area contributed by atoms with Crippen LogP contribution < -0.4 is 4.74 Å². The summed E-state index contributed by atoms with van der Waals surface area (Å²) in [5.74, 6) is 1.08. The number of benzene rings is 1. The summed E-state index contributed by atoms with van der Waals surface area (Å²) in [6, 6.07) is 6.14. The number of nitrogens with zero attached hydrogens (tertiary/aromatic N) is 2. The Morgan fingerprint density at radius 2 is 2.08 bits per heavy atom. The van der Waals surface area contributed by atoms with Crippen LogP contribution in [0, 0.1) is 5.92 Å². The average molecular weight is 335 g/mol. The number of aromatic amines is 1. The van der Waals surface area contributed by atoms with E-state index in [9.17, 15) is 13.6 Å². The molecule has 7 heteroatoms. The number of H-pyrrole nitrogens is 1. The molecule has 0 unspecified atom stereocenters. The molecule has 2 aromatic rings. The van der Waals surface area contributed by atoms with E-state index < -0.39 is 6.61 Å². The number of carbonyl (C=O) groups excluding carboxylic acids is 1. The third-order valence-electron chi connectivity index (χ3n) is 4.27. The maximum atomic E-state index is 12.6. The van der Waals surface area contributed by atoms with Gasteiger partial charge in [-0.2, -0.15) is 8.78 Å². The summed E-state index contributed by atoms with van der Waals surface area (Å²) in [6.07, 6.45) is 6.12. The predicted molar refractivity (Wildman–Crippen MR) is 84.0 cm³/mol. The molecule has 1 aromatic carbocycles. The number of likely N-dealkylation sites (tertiary alicyclic amines) is 1. The predicted octanol–water partition coefficient (Wildman–Crippen LogP) is 3.11. The Balaban J connectivity index is 1.61. The van der Waals surface area contributed by atoms with Gasteiger partial charge in [0.05, 0.1) is 5.56 Å². The SMILES string of the molecule is O=C(c1ccccc1OC(F)F)N1CCC(Cc2ncc[nH]2)CC1. The zero-order chi connectivity index (χ0) is 16.9. The normalized spacial score (nSPS) is 15.7. The van der Waals surface area contributed by atoms with Crippen molar-refractivity contribution in [2.75, 3.05) is 13.1 Å². The molecule has 1 aliphatic rings. The van der Waals surface area contributed by atoms with Crippen LogP contribution >= 0.6 is 0 Å². The number of hydrogen-bond donors (Lipinski definition) is 1. The van der Waals surface area contributed by atoms with Gasteiger partial charge in [0.25, 0.3) is 5.91 Å². The number of amides is 1. The number of nitrogens with one attached hydrogen (secondary N) is 1. The van der Waals surface area contributed by atoms with Crippen LogP contribution in [0.5, 0.6) is 5.75 Å². The highest BCUT2D eigenvalue weighted by atomic mass is 19.3. The molecule has 0 aliphatic carbocycles. The molecule has 0 atom stereocenters. The Morgan fingerprint density at radius 3 is 2.75 bits per heavy atom. The van der Waals surface area contributed by atoms with Crippen LogP contribution in [0.3, 0.4) is 0 Å². The van der Waals surface area contributed by atoms with E-state index in [0.717, 1.165) is 25.1 Å². The molecule has 0 bridgehead atoms. The van der Waals surface area contributed by atoms with Gasteiger partial charge < -0.3 is 14.6 Å². The van der Waals surface area contributed by atoms with E-state index in [4.69, 9.17) is 0 Å². The molecule has 1 amide bonds. The minimum absolute atomic E-state index is 0.0739. The summed E-state index contributed by atoms with van der Waals surface area (Å²) >= 11 is 0. The second-order valence-electron chi connectivity index (χ2n) is 5.85. The number of alkyl halides is 2. The molecule has 3 rings (SSSR count). The van der Waals surface area contributed by atoms with Crippen LogP contribution in [-0.4, -0.2) is 40.5 Å². The summed E-state index contributed by atoms with van der Waals surface area (Å²) in [5, 5.41) is 0. The number of piperidine rings is 1. The van der Waals surface area contributed by atoms with Gasteiger partial charge in [0.1, 0.15) is 11.6 Å². The lowest BCUT2D eigenvalue weighted by Gasteiger charge is -2.32. The number of halogens is 2. The minimum atomic E-state index is -2.95. The highest BCUT2D eigenvalue weighted by Crippen LogP contribution is 2.26. The first-order valence-corrected chi connectivity index (χ1v) is 7.95. The van der Waals surface area contributed by atoms with Crippen LogP contribution in [0.1, 0.15) is 29.0 Å². The molecular formula is C17H19F2N3O2. The minimum Gasteiger partial charge on any atom is -0.434 e. The molecular weight excluding hydrogens is 316 g/mol. The molecule has 1 N–H and O–H groups in total. The number of carbonyl (C=O) groups is 1. The first kappa shape index (κ1) is 16.4. The zero-order valence-corrected chi connectivity index (χ0v) is 13.1. The van der Waals surface area contributed by atoms with Crippen molar-refractivity contribution >= 4 is 5.91 Å². The Morgan fingerprint density at radius 1 is 1.33 bits per heavy atom. The van der Waals surface area contributed by atoms with E-state index >= 15 is 0 Å². The van der Waals surface area contributed by atoms with Gasteiger partial charge in [0.2, 0.25) is 0 Å². The standard InChI is InChI=1S/C17H19F2N3O2/c18-17(19)24-14-4-2-1-3-13(14)16(23)22-9-5-12(6-10-22)11-15-20-7-8-21-15/h1-4,7-8,12,17H,5-6,9-11H2,(H,20,21). The van der Waals surface area contributed by atoms with Crippen molar-refractivity contribution < 1.29 is 18.3 Å². The third-order valence-corrected chi connectivity index (χ3v) is 4.27. The second kappa shape index (κ2) is 7.42. The Labute approximate surface area is 138 Å². The van der Waals surface area contributed by atoms with Crippen molar-refractivity contribution in [2.24, 2.45) is 5.92 Å². The fraction of sp³-hybridized carbons (Fsp3) is 0.412. The van der Waals surface area contributed by atoms with Gasteiger partial charge in [0, 0.05) is 31.9 Å². The van der Waals surface area contributed by atoms with Crippen LogP contribution in [0.25, 0.3) is 0 Å². The van der Waals surface area contributed by atoms with Gasteiger partial charge in [-0.15, -0.1) is 0 Å². The maximum absolute atomic E-state index is 12.6. The number of imidazole rings is 1.